The molecule has 0 saturated carbocycles. The summed E-state index contributed by atoms with van der Waals surface area (Å²) in [4.78, 5) is 12.8. The van der Waals surface area contributed by atoms with Crippen molar-refractivity contribution in [3.8, 4) is 0 Å². The molecule has 19 heavy (non-hydrogen) atoms. The van der Waals surface area contributed by atoms with E-state index in [-0.39, 0.29) is 24.0 Å². The van der Waals surface area contributed by atoms with Crippen molar-refractivity contribution in [2.75, 3.05) is 67.0 Å². The van der Waals surface area contributed by atoms with Gasteiger partial charge in [-0.1, -0.05) is 0 Å². The number of phosphoric ester groups is 1. The fourth-order valence-electron chi connectivity index (χ4n) is 0.562. The lowest BCUT2D eigenvalue weighted by Gasteiger charge is -2.14. The molecule has 0 unspecified atom stereocenters. The fraction of sp³-hybridized carbons (Fsp3) is 1.00. The lowest BCUT2D eigenvalue weighted by atomic mass is 10.9. The summed E-state index contributed by atoms with van der Waals surface area (Å²) in [6.45, 7) is 0.580. The van der Waals surface area contributed by atoms with Crippen LogP contribution in [0.15, 0.2) is 0 Å². The van der Waals surface area contributed by atoms with Crippen LogP contribution in [-0.4, -0.2) is 81.7 Å². The number of thioether (sulfide) groups is 1. The maximum atomic E-state index is 10.7. The molecule has 0 spiro atoms. The minimum atomic E-state index is -3.67. The number of rotatable bonds is 0. The van der Waals surface area contributed by atoms with Crippen molar-refractivity contribution in [2.45, 2.75) is 0 Å². The van der Waals surface area contributed by atoms with Crippen LogP contribution in [0.4, 0.5) is 0 Å². The molecule has 1 saturated heterocycles. The maximum Gasteiger partial charge on any atom is 0.472 e. The zero-order chi connectivity index (χ0) is 14.6. The summed E-state index contributed by atoms with van der Waals surface area (Å²) in [5.41, 5.74) is 0. The Morgan fingerprint density at radius 3 is 1.47 bits per heavy atom. The van der Waals surface area contributed by atoms with Crippen molar-refractivity contribution in [3.63, 3.8) is 0 Å². The normalized spacial score (nSPS) is 17.9. The highest BCUT2D eigenvalue weighted by Gasteiger charge is 2.21. The van der Waals surface area contributed by atoms with Gasteiger partial charge in [0.1, 0.15) is 0 Å². The summed E-state index contributed by atoms with van der Waals surface area (Å²) < 4.78 is 19.8. The predicted molar refractivity (Wildman–Crippen MR) is 93.7 cm³/mol. The van der Waals surface area contributed by atoms with Crippen molar-refractivity contribution in [2.24, 2.45) is 0 Å². The lowest BCUT2D eigenvalue weighted by Crippen LogP contribution is -2.06. The Morgan fingerprint density at radius 1 is 0.947 bits per heavy atom. The molecule has 6 nitrogen and oxygen atoms in total. The molecule has 0 aliphatic carbocycles. The van der Waals surface area contributed by atoms with Crippen LogP contribution in [0.5, 0.6) is 0 Å². The van der Waals surface area contributed by atoms with Crippen molar-refractivity contribution in [1.82, 2.24) is 9.80 Å². The summed E-state index contributed by atoms with van der Waals surface area (Å²) in [6.07, 6.45) is 0. The number of halogens is 1. The standard InChI is InChI=1S/C4H9O4PS.2C3H9N.HI/c5-9(6)7-1-3-10-4-2-8-9;2*1-4(2)3;/h1-4H2,(H,5,6);2*1-3H3;1H. The van der Waals surface area contributed by atoms with Crippen LogP contribution in [0.2, 0.25) is 0 Å². The first-order chi connectivity index (χ1) is 8.17. The van der Waals surface area contributed by atoms with E-state index in [0.29, 0.717) is 13.2 Å². The minimum Gasteiger partial charge on any atom is -0.312 e. The summed E-state index contributed by atoms with van der Waals surface area (Å²) in [7, 11) is 8.33. The van der Waals surface area contributed by atoms with E-state index in [1.54, 1.807) is 11.8 Å². The number of phosphoric acid groups is 1. The van der Waals surface area contributed by atoms with Gasteiger partial charge in [0.25, 0.3) is 0 Å². The first-order valence-electron chi connectivity index (χ1n) is 5.59. The number of hydrogen-bond acceptors (Lipinski definition) is 6. The molecule has 120 valence electrons. The maximum absolute atomic E-state index is 10.7. The minimum absolute atomic E-state index is 0. The van der Waals surface area contributed by atoms with Crippen molar-refractivity contribution < 1.29 is 18.5 Å². The van der Waals surface area contributed by atoms with Gasteiger partial charge >= 0.3 is 7.82 Å². The van der Waals surface area contributed by atoms with Gasteiger partial charge in [-0.2, -0.15) is 11.8 Å². The van der Waals surface area contributed by atoms with E-state index in [9.17, 15) is 4.57 Å². The van der Waals surface area contributed by atoms with Crippen LogP contribution >= 0.6 is 43.6 Å². The molecule has 0 bridgehead atoms. The Morgan fingerprint density at radius 2 is 1.21 bits per heavy atom. The van der Waals surface area contributed by atoms with E-state index in [0.717, 1.165) is 11.5 Å². The summed E-state index contributed by atoms with van der Waals surface area (Å²) >= 11 is 1.65. The van der Waals surface area contributed by atoms with Gasteiger partial charge < -0.3 is 14.7 Å². The van der Waals surface area contributed by atoms with E-state index in [4.69, 9.17) is 4.89 Å². The highest BCUT2D eigenvalue weighted by atomic mass is 127. The van der Waals surface area contributed by atoms with Crippen LogP contribution in [0.25, 0.3) is 0 Å². The van der Waals surface area contributed by atoms with Crippen molar-refractivity contribution >= 4 is 43.6 Å². The van der Waals surface area contributed by atoms with Gasteiger partial charge in [0.05, 0.1) is 13.2 Å². The largest absolute Gasteiger partial charge is 0.472 e. The van der Waals surface area contributed by atoms with E-state index in [1.807, 2.05) is 52.1 Å². The Hall–Kier alpha value is 1.11. The van der Waals surface area contributed by atoms with Gasteiger partial charge in [-0.25, -0.2) is 4.57 Å². The van der Waals surface area contributed by atoms with Gasteiger partial charge in [-0.3, -0.25) is 9.05 Å². The van der Waals surface area contributed by atoms with Crippen LogP contribution in [0.1, 0.15) is 0 Å². The molecule has 1 rings (SSSR count). The van der Waals surface area contributed by atoms with Crippen LogP contribution in [-0.2, 0) is 13.6 Å². The van der Waals surface area contributed by atoms with E-state index in [1.165, 1.54) is 0 Å². The Labute approximate surface area is 138 Å². The molecule has 0 aromatic rings. The van der Waals surface area contributed by atoms with Crippen molar-refractivity contribution in [3.05, 3.63) is 0 Å². The van der Waals surface area contributed by atoms with E-state index in [2.05, 4.69) is 9.05 Å². The highest BCUT2D eigenvalue weighted by Crippen LogP contribution is 2.43. The Balaban J connectivity index is -0.000000242. The molecular weight excluding hydrogens is 402 g/mol. The quantitative estimate of drug-likeness (QED) is 0.465. The second-order valence-electron chi connectivity index (χ2n) is 4.43. The first kappa shape index (κ1) is 25.1. The molecule has 0 aromatic carbocycles. The van der Waals surface area contributed by atoms with Gasteiger partial charge in [-0.15, -0.1) is 24.0 Å². The Kier molecular flexibility index (Phi) is 20.5. The summed E-state index contributed by atoms with van der Waals surface area (Å²) in [6, 6.07) is 0. The zero-order valence-electron chi connectivity index (χ0n) is 12.7. The van der Waals surface area contributed by atoms with E-state index >= 15 is 0 Å². The fourth-order valence-corrected chi connectivity index (χ4v) is 2.13. The molecule has 0 radical (unpaired) electrons. The summed E-state index contributed by atoms with van der Waals surface area (Å²) in [5.74, 6) is 1.52. The third-order valence-corrected chi connectivity index (χ3v) is 2.89. The zero-order valence-corrected chi connectivity index (χ0v) is 16.7. The van der Waals surface area contributed by atoms with Gasteiger partial charge in [-0.05, 0) is 42.3 Å². The number of hydrogen-bond donors (Lipinski definition) is 1. The molecule has 1 aliphatic heterocycles. The van der Waals surface area contributed by atoms with Crippen LogP contribution < -0.4 is 0 Å². The second-order valence-corrected chi connectivity index (χ2v) is 7.11. The third-order valence-electron chi connectivity index (χ3n) is 0.964. The lowest BCUT2D eigenvalue weighted by molar-refractivity contribution is 0.161. The SMILES string of the molecule is CN(C)C.CN(C)C.I.O=P1(O)OCCSCCO1. The van der Waals surface area contributed by atoms with E-state index < -0.39 is 7.82 Å². The predicted octanol–water partition coefficient (Wildman–Crippen LogP) is 1.84. The molecule has 1 aliphatic rings. The molecule has 0 aromatic heterocycles. The molecule has 9 heteroatoms. The second kappa shape index (κ2) is 15.5. The molecule has 1 heterocycles. The molecule has 1 fully saturated rings. The molecule has 1 N–H and O–H groups in total. The van der Waals surface area contributed by atoms with Gasteiger partial charge in [0, 0.05) is 11.5 Å². The van der Waals surface area contributed by atoms with Gasteiger partial charge in [0.15, 0.2) is 0 Å². The monoisotopic (exact) mass is 430 g/mol. The first-order valence-corrected chi connectivity index (χ1v) is 8.24. The summed E-state index contributed by atoms with van der Waals surface area (Å²) in [5, 5.41) is 0. The average Bonchev–Trinajstić information content (AvgIpc) is 2.10. The molecule has 0 amide bonds. The van der Waals surface area contributed by atoms with Crippen molar-refractivity contribution in [1.29, 1.82) is 0 Å². The molecule has 0 atom stereocenters. The smallest absolute Gasteiger partial charge is 0.312 e. The average molecular weight is 430 g/mol. The third kappa shape index (κ3) is 32.6. The topological polar surface area (TPSA) is 62.2 Å². The van der Waals surface area contributed by atoms with Gasteiger partial charge in [0.2, 0.25) is 0 Å². The molecular formula is C10H28IN2O4PS. The van der Waals surface area contributed by atoms with Crippen LogP contribution in [0.3, 0.4) is 0 Å². The Bertz CT molecular complexity index is 212. The number of nitrogens with zero attached hydrogens (tertiary/aromatic N) is 2. The van der Waals surface area contributed by atoms with Crippen LogP contribution in [0, 0.1) is 0 Å². The highest BCUT2D eigenvalue weighted by molar-refractivity contribution is 14.0.